The third kappa shape index (κ3) is 9.66. The summed E-state index contributed by atoms with van der Waals surface area (Å²) < 4.78 is 55.4. The van der Waals surface area contributed by atoms with Crippen molar-refractivity contribution in [3.8, 4) is 21.1 Å². The molecule has 0 aliphatic heterocycles. The van der Waals surface area contributed by atoms with Gasteiger partial charge in [-0.2, -0.15) is 0 Å². The highest BCUT2D eigenvalue weighted by molar-refractivity contribution is 7.93. The van der Waals surface area contributed by atoms with Crippen LogP contribution in [0.5, 0.6) is 0 Å². The summed E-state index contributed by atoms with van der Waals surface area (Å²) in [5.41, 5.74) is 1.55. The van der Waals surface area contributed by atoms with Gasteiger partial charge in [-0.1, -0.05) is 110 Å². The van der Waals surface area contributed by atoms with E-state index >= 15 is 0 Å². The Morgan fingerprint density at radius 2 is 1.06 bits per heavy atom. The molecule has 0 amide bonds. The van der Waals surface area contributed by atoms with E-state index in [1.165, 1.54) is 42.5 Å². The van der Waals surface area contributed by atoms with Crippen molar-refractivity contribution in [2.75, 3.05) is 9.44 Å². The first-order chi connectivity index (χ1) is 24.9. The topological polar surface area (TPSA) is 187 Å². The monoisotopic (exact) mass is 911 g/mol. The van der Waals surface area contributed by atoms with Gasteiger partial charge in [-0.3, -0.25) is 19.6 Å². The molecule has 0 unspecified atom stereocenters. The predicted octanol–water partition coefficient (Wildman–Crippen LogP) is 10.5. The molecule has 0 aliphatic rings. The van der Waals surface area contributed by atoms with Crippen molar-refractivity contribution >= 4 is 128 Å². The standard InChI is InChI=1S/C15H9Cl3N4O4S2.C15H10Cl3N3O2S2/c1-7-4-8(16)5-12(18)13(7)28(25,26)21-15-20-19-14(27-15)10-6-9(22(23)24)2-3-11(10)17;1-8-6-9(16)7-12(18)13(8)25(22,23)21-15-20-19-14(24-15)10-4-2-3-5-11(10)17/h2-6H,1H3,(H,20,21);2-7H,1H3,(H,20,21). The van der Waals surface area contributed by atoms with Crippen LogP contribution in [0, 0.1) is 24.0 Å². The quantitative estimate of drug-likeness (QED) is 0.104. The molecule has 0 atom stereocenters. The van der Waals surface area contributed by atoms with Gasteiger partial charge in [0.2, 0.25) is 10.3 Å². The number of nitrogens with zero attached hydrogens (tertiary/aromatic N) is 5. The van der Waals surface area contributed by atoms with E-state index in [1.807, 2.05) is 6.07 Å². The minimum absolute atomic E-state index is 0.0355. The Morgan fingerprint density at radius 3 is 1.51 bits per heavy atom. The van der Waals surface area contributed by atoms with Gasteiger partial charge < -0.3 is 0 Å². The highest BCUT2D eigenvalue weighted by atomic mass is 35.5. The summed E-state index contributed by atoms with van der Waals surface area (Å²) in [6, 6.07) is 16.6. The Bertz CT molecular complexity index is 2560. The number of hydrogen-bond donors (Lipinski definition) is 2. The highest BCUT2D eigenvalue weighted by Crippen LogP contribution is 2.37. The lowest BCUT2D eigenvalue weighted by molar-refractivity contribution is -0.384. The van der Waals surface area contributed by atoms with Crippen molar-refractivity contribution in [2.45, 2.75) is 23.6 Å². The number of halogens is 6. The number of nitro groups is 1. The van der Waals surface area contributed by atoms with Crippen LogP contribution in [0.1, 0.15) is 11.1 Å². The summed E-state index contributed by atoms with van der Waals surface area (Å²) in [5.74, 6) is 0. The maximum Gasteiger partial charge on any atom is 0.270 e. The molecule has 53 heavy (non-hydrogen) atoms. The van der Waals surface area contributed by atoms with Gasteiger partial charge in [0.1, 0.15) is 9.79 Å². The Labute approximate surface area is 340 Å². The molecule has 0 saturated carbocycles. The number of hydrogen-bond acceptors (Lipinski definition) is 12. The minimum atomic E-state index is -4.07. The van der Waals surface area contributed by atoms with Crippen molar-refractivity contribution in [2.24, 2.45) is 0 Å². The number of rotatable bonds is 9. The van der Waals surface area contributed by atoms with Crippen molar-refractivity contribution in [3.63, 3.8) is 0 Å². The minimum Gasteiger partial charge on any atom is -0.258 e. The van der Waals surface area contributed by atoms with E-state index in [1.54, 1.807) is 32.0 Å². The molecule has 0 radical (unpaired) electrons. The third-order valence-corrected chi connectivity index (χ3v) is 13.7. The molecule has 4 aromatic carbocycles. The maximum atomic E-state index is 12.7. The summed E-state index contributed by atoms with van der Waals surface area (Å²) in [7, 11) is -8.00. The molecule has 13 nitrogen and oxygen atoms in total. The number of benzene rings is 4. The molecule has 2 N–H and O–H groups in total. The fourth-order valence-corrected chi connectivity index (χ4v) is 11.5. The molecule has 0 spiro atoms. The van der Waals surface area contributed by atoms with Crippen LogP contribution < -0.4 is 9.44 Å². The highest BCUT2D eigenvalue weighted by Gasteiger charge is 2.25. The normalized spacial score (nSPS) is 11.5. The van der Waals surface area contributed by atoms with Gasteiger partial charge in [0.05, 0.1) is 25.0 Å². The van der Waals surface area contributed by atoms with Crippen molar-refractivity contribution < 1.29 is 21.8 Å². The number of non-ortho nitro benzene ring substituents is 1. The van der Waals surface area contributed by atoms with E-state index in [9.17, 15) is 26.9 Å². The van der Waals surface area contributed by atoms with Crippen LogP contribution in [0.2, 0.25) is 30.1 Å². The fraction of sp³-hybridized carbons (Fsp3) is 0.0667. The molecule has 23 heteroatoms. The van der Waals surface area contributed by atoms with Gasteiger partial charge >= 0.3 is 0 Å². The third-order valence-electron chi connectivity index (χ3n) is 6.71. The van der Waals surface area contributed by atoms with Gasteiger partial charge in [0.15, 0.2) is 10.0 Å². The lowest BCUT2D eigenvalue weighted by atomic mass is 10.2. The second-order valence-corrected chi connectivity index (χ2v) is 18.2. The summed E-state index contributed by atoms with van der Waals surface area (Å²) in [6.07, 6.45) is 0. The number of aromatic nitrogens is 4. The number of nitro benzene ring substituents is 1. The maximum absolute atomic E-state index is 12.7. The fourth-order valence-electron chi connectivity index (χ4n) is 4.56. The molecular formula is C30H19Cl6N7O6S4. The van der Waals surface area contributed by atoms with E-state index in [2.05, 4.69) is 29.8 Å². The Kier molecular flexibility index (Phi) is 12.8. The Morgan fingerprint density at radius 1 is 0.604 bits per heavy atom. The summed E-state index contributed by atoms with van der Waals surface area (Å²) in [4.78, 5) is 10.2. The first kappa shape index (κ1) is 40.8. The summed E-state index contributed by atoms with van der Waals surface area (Å²) in [5, 5.41) is 28.6. The molecule has 6 aromatic rings. The molecule has 2 heterocycles. The van der Waals surface area contributed by atoms with E-state index < -0.39 is 25.0 Å². The van der Waals surface area contributed by atoms with Crippen molar-refractivity contribution in [3.05, 3.63) is 118 Å². The van der Waals surface area contributed by atoms with Crippen LogP contribution in [-0.4, -0.2) is 42.2 Å². The zero-order valence-corrected chi connectivity index (χ0v) is 34.2. The van der Waals surface area contributed by atoms with Crippen LogP contribution in [0.25, 0.3) is 21.1 Å². The van der Waals surface area contributed by atoms with Gasteiger partial charge in [-0.25, -0.2) is 16.8 Å². The second-order valence-electron chi connectivity index (χ2n) is 10.5. The van der Waals surface area contributed by atoms with E-state index in [0.717, 1.165) is 22.7 Å². The first-order valence-corrected chi connectivity index (χ1v) is 21.1. The van der Waals surface area contributed by atoms with Crippen LogP contribution in [0.15, 0.2) is 76.5 Å². The SMILES string of the molecule is Cc1cc(Cl)cc(Cl)c1S(=O)(=O)Nc1nnc(-c2cc([N+](=O)[O-])ccc2Cl)s1.Cc1cc(Cl)cc(Cl)c1S(=O)(=O)Nc1nnc(-c2ccccc2Cl)s1. The average molecular weight is 915 g/mol. The van der Waals surface area contributed by atoms with Crippen molar-refractivity contribution in [1.82, 2.24) is 20.4 Å². The predicted molar refractivity (Wildman–Crippen MR) is 211 cm³/mol. The van der Waals surface area contributed by atoms with Gasteiger partial charge in [-0.05, 0) is 61.4 Å². The first-order valence-electron chi connectivity index (χ1n) is 14.2. The van der Waals surface area contributed by atoms with Gasteiger partial charge in [-0.15, -0.1) is 20.4 Å². The molecular weight excluding hydrogens is 895 g/mol. The number of anilines is 2. The second kappa shape index (κ2) is 16.6. The molecule has 6 rings (SSSR count). The molecule has 0 fully saturated rings. The zero-order valence-electron chi connectivity index (χ0n) is 26.4. The Balaban J connectivity index is 0.000000206. The summed E-state index contributed by atoms with van der Waals surface area (Å²) >= 11 is 38.0. The smallest absolute Gasteiger partial charge is 0.258 e. The van der Waals surface area contributed by atoms with Crippen LogP contribution in [-0.2, 0) is 20.0 Å². The van der Waals surface area contributed by atoms with E-state index in [0.29, 0.717) is 36.8 Å². The number of aryl methyl sites for hydroxylation is 2. The Hall–Kier alpha value is -3.36. The van der Waals surface area contributed by atoms with Crippen LogP contribution >= 0.6 is 92.3 Å². The van der Waals surface area contributed by atoms with Gasteiger partial charge in [0.25, 0.3) is 25.7 Å². The van der Waals surface area contributed by atoms with Crippen molar-refractivity contribution in [1.29, 1.82) is 0 Å². The molecule has 0 saturated heterocycles. The molecule has 0 aliphatic carbocycles. The lowest BCUT2D eigenvalue weighted by Gasteiger charge is -2.10. The largest absolute Gasteiger partial charge is 0.270 e. The molecule has 276 valence electrons. The van der Waals surface area contributed by atoms with Gasteiger partial charge in [0, 0.05) is 33.3 Å². The number of sulfonamides is 2. The average Bonchev–Trinajstić information content (AvgIpc) is 3.69. The lowest BCUT2D eigenvalue weighted by Crippen LogP contribution is -2.14. The van der Waals surface area contributed by atoms with E-state index in [4.69, 9.17) is 69.6 Å². The number of nitrogens with one attached hydrogen (secondary N) is 2. The van der Waals surface area contributed by atoms with Crippen LogP contribution in [0.4, 0.5) is 16.0 Å². The zero-order chi connectivity index (χ0) is 38.8. The van der Waals surface area contributed by atoms with E-state index in [-0.39, 0.29) is 51.4 Å². The molecule has 0 bridgehead atoms. The molecule has 2 aromatic heterocycles. The van der Waals surface area contributed by atoms with Crippen LogP contribution in [0.3, 0.4) is 0 Å². The summed E-state index contributed by atoms with van der Waals surface area (Å²) in [6.45, 7) is 3.17.